The van der Waals surface area contributed by atoms with Crippen molar-refractivity contribution in [1.29, 1.82) is 0 Å². The Bertz CT molecular complexity index is 490. The molecule has 0 amide bonds. The van der Waals surface area contributed by atoms with Crippen LogP contribution in [0, 0.1) is 5.92 Å². The quantitative estimate of drug-likeness (QED) is 0.747. The first-order chi connectivity index (χ1) is 10.2. The van der Waals surface area contributed by atoms with Gasteiger partial charge in [0.2, 0.25) is 5.75 Å². The van der Waals surface area contributed by atoms with E-state index in [9.17, 15) is 4.79 Å². The first kappa shape index (κ1) is 15.7. The van der Waals surface area contributed by atoms with Crippen molar-refractivity contribution in [1.82, 2.24) is 0 Å². The monoisotopic (exact) mass is 292 g/mol. The van der Waals surface area contributed by atoms with Crippen molar-refractivity contribution >= 4 is 5.78 Å². The number of hydrogen-bond donors (Lipinski definition) is 0. The van der Waals surface area contributed by atoms with Crippen LogP contribution in [0.15, 0.2) is 12.1 Å². The fourth-order valence-corrected chi connectivity index (χ4v) is 2.80. The van der Waals surface area contributed by atoms with Gasteiger partial charge in [-0.25, -0.2) is 0 Å². The van der Waals surface area contributed by atoms with Crippen LogP contribution in [0.25, 0.3) is 0 Å². The Morgan fingerprint density at radius 3 is 2.33 bits per heavy atom. The summed E-state index contributed by atoms with van der Waals surface area (Å²) in [5.41, 5.74) is 0.575. The van der Waals surface area contributed by atoms with Crippen molar-refractivity contribution in [2.75, 3.05) is 20.8 Å². The van der Waals surface area contributed by atoms with E-state index in [1.165, 1.54) is 39.0 Å². The first-order valence-electron chi connectivity index (χ1n) is 7.55. The summed E-state index contributed by atoms with van der Waals surface area (Å²) in [5.74, 6) is 2.25. The standard InChI is InChI=1S/C17H24O4/c1-12(18)14-9-15(19-2)17(20-3)16(10-14)21-11-13-7-5-4-6-8-13/h9-10,13H,4-8,11H2,1-3H3. The first-order valence-corrected chi connectivity index (χ1v) is 7.55. The molecule has 0 saturated heterocycles. The highest BCUT2D eigenvalue weighted by Gasteiger charge is 2.18. The lowest BCUT2D eigenvalue weighted by Crippen LogP contribution is -2.15. The van der Waals surface area contributed by atoms with Crippen LogP contribution in [0.2, 0.25) is 0 Å². The van der Waals surface area contributed by atoms with Gasteiger partial charge in [-0.05, 0) is 37.8 Å². The van der Waals surface area contributed by atoms with Gasteiger partial charge in [0.25, 0.3) is 0 Å². The lowest BCUT2D eigenvalue weighted by molar-refractivity contribution is 0.101. The summed E-state index contributed by atoms with van der Waals surface area (Å²) in [6, 6.07) is 3.43. The number of hydrogen-bond acceptors (Lipinski definition) is 4. The second-order valence-electron chi connectivity index (χ2n) is 5.58. The highest BCUT2D eigenvalue weighted by molar-refractivity contribution is 5.95. The average molecular weight is 292 g/mol. The fraction of sp³-hybridized carbons (Fsp3) is 0.588. The van der Waals surface area contributed by atoms with Crippen LogP contribution < -0.4 is 14.2 Å². The molecule has 1 aliphatic carbocycles. The van der Waals surface area contributed by atoms with E-state index in [1.807, 2.05) is 0 Å². The van der Waals surface area contributed by atoms with Gasteiger partial charge in [-0.1, -0.05) is 19.3 Å². The van der Waals surface area contributed by atoms with Gasteiger partial charge in [0.1, 0.15) is 0 Å². The summed E-state index contributed by atoms with van der Waals surface area (Å²) in [4.78, 5) is 11.6. The normalized spacial score (nSPS) is 15.6. The molecule has 1 saturated carbocycles. The molecular formula is C17H24O4. The molecule has 1 aromatic carbocycles. The van der Waals surface area contributed by atoms with Gasteiger partial charge in [-0.3, -0.25) is 4.79 Å². The molecule has 4 nitrogen and oxygen atoms in total. The zero-order valence-electron chi connectivity index (χ0n) is 13.1. The van der Waals surface area contributed by atoms with Crippen LogP contribution >= 0.6 is 0 Å². The summed E-state index contributed by atoms with van der Waals surface area (Å²) in [6.07, 6.45) is 6.31. The topological polar surface area (TPSA) is 44.8 Å². The second kappa shape index (κ2) is 7.34. The Kier molecular flexibility index (Phi) is 5.48. The third-order valence-corrected chi connectivity index (χ3v) is 4.05. The summed E-state index contributed by atoms with van der Waals surface area (Å²) >= 11 is 0. The molecule has 21 heavy (non-hydrogen) atoms. The van der Waals surface area contributed by atoms with Crippen LogP contribution in [0.5, 0.6) is 17.2 Å². The van der Waals surface area contributed by atoms with E-state index in [1.54, 1.807) is 26.4 Å². The largest absolute Gasteiger partial charge is 0.493 e. The molecule has 0 aromatic heterocycles. The minimum Gasteiger partial charge on any atom is -0.493 e. The van der Waals surface area contributed by atoms with Crippen molar-refractivity contribution in [2.45, 2.75) is 39.0 Å². The van der Waals surface area contributed by atoms with Crippen LogP contribution in [0.1, 0.15) is 49.4 Å². The summed E-state index contributed by atoms with van der Waals surface area (Å²) in [5, 5.41) is 0. The van der Waals surface area contributed by atoms with Gasteiger partial charge in [0.05, 0.1) is 20.8 Å². The molecule has 1 aliphatic rings. The lowest BCUT2D eigenvalue weighted by Gasteiger charge is -2.23. The third-order valence-electron chi connectivity index (χ3n) is 4.05. The molecule has 4 heteroatoms. The van der Waals surface area contributed by atoms with E-state index in [0.29, 0.717) is 35.3 Å². The van der Waals surface area contributed by atoms with Crippen molar-refractivity contribution in [3.8, 4) is 17.2 Å². The molecule has 0 heterocycles. The Morgan fingerprint density at radius 1 is 1.10 bits per heavy atom. The fourth-order valence-electron chi connectivity index (χ4n) is 2.80. The van der Waals surface area contributed by atoms with Crippen molar-refractivity contribution < 1.29 is 19.0 Å². The maximum Gasteiger partial charge on any atom is 0.203 e. The maximum atomic E-state index is 11.6. The number of Topliss-reactive ketones (excluding diaryl/α,β-unsaturated/α-hetero) is 1. The smallest absolute Gasteiger partial charge is 0.203 e. The number of benzene rings is 1. The van der Waals surface area contributed by atoms with E-state index < -0.39 is 0 Å². The Balaban J connectivity index is 2.18. The van der Waals surface area contributed by atoms with Crippen LogP contribution in [-0.2, 0) is 0 Å². The van der Waals surface area contributed by atoms with Crippen molar-refractivity contribution in [3.63, 3.8) is 0 Å². The molecule has 2 rings (SSSR count). The average Bonchev–Trinajstić information content (AvgIpc) is 2.52. The summed E-state index contributed by atoms with van der Waals surface area (Å²) in [6.45, 7) is 2.20. The Hall–Kier alpha value is -1.71. The SMILES string of the molecule is COc1cc(C(C)=O)cc(OCC2CCCCC2)c1OC. The van der Waals surface area contributed by atoms with E-state index in [2.05, 4.69) is 0 Å². The van der Waals surface area contributed by atoms with Gasteiger partial charge in [-0.15, -0.1) is 0 Å². The number of ketones is 1. The zero-order valence-corrected chi connectivity index (χ0v) is 13.1. The molecule has 1 fully saturated rings. The molecule has 0 atom stereocenters. The number of ether oxygens (including phenoxy) is 3. The van der Waals surface area contributed by atoms with Gasteiger partial charge in [0.15, 0.2) is 17.3 Å². The van der Waals surface area contributed by atoms with E-state index in [4.69, 9.17) is 14.2 Å². The number of carbonyl (C=O) groups is 1. The maximum absolute atomic E-state index is 11.6. The predicted molar refractivity (Wildman–Crippen MR) is 81.6 cm³/mol. The molecule has 1 aromatic rings. The highest BCUT2D eigenvalue weighted by atomic mass is 16.5. The van der Waals surface area contributed by atoms with Crippen LogP contribution in [0.3, 0.4) is 0 Å². The minimum absolute atomic E-state index is 0.0153. The van der Waals surface area contributed by atoms with Crippen LogP contribution in [0.4, 0.5) is 0 Å². The third kappa shape index (κ3) is 3.90. The molecule has 0 radical (unpaired) electrons. The molecule has 0 N–H and O–H groups in total. The Labute approximate surface area is 126 Å². The van der Waals surface area contributed by atoms with Gasteiger partial charge in [0, 0.05) is 5.56 Å². The molecule has 116 valence electrons. The van der Waals surface area contributed by atoms with Gasteiger partial charge in [-0.2, -0.15) is 0 Å². The summed E-state index contributed by atoms with van der Waals surface area (Å²) in [7, 11) is 3.14. The predicted octanol–water partition coefficient (Wildman–Crippen LogP) is 3.87. The van der Waals surface area contributed by atoms with E-state index >= 15 is 0 Å². The van der Waals surface area contributed by atoms with E-state index in [0.717, 1.165) is 0 Å². The van der Waals surface area contributed by atoms with Gasteiger partial charge >= 0.3 is 0 Å². The zero-order chi connectivity index (χ0) is 15.2. The van der Waals surface area contributed by atoms with Gasteiger partial charge < -0.3 is 14.2 Å². The molecule has 0 bridgehead atoms. The van der Waals surface area contributed by atoms with Crippen molar-refractivity contribution in [2.24, 2.45) is 5.92 Å². The molecule has 0 spiro atoms. The number of carbonyl (C=O) groups excluding carboxylic acids is 1. The number of rotatable bonds is 6. The van der Waals surface area contributed by atoms with Crippen LogP contribution in [-0.4, -0.2) is 26.6 Å². The van der Waals surface area contributed by atoms with Crippen molar-refractivity contribution in [3.05, 3.63) is 17.7 Å². The molecular weight excluding hydrogens is 268 g/mol. The second-order valence-corrected chi connectivity index (χ2v) is 5.58. The highest BCUT2D eigenvalue weighted by Crippen LogP contribution is 2.39. The lowest BCUT2D eigenvalue weighted by atomic mass is 9.90. The summed E-state index contributed by atoms with van der Waals surface area (Å²) < 4.78 is 16.6. The minimum atomic E-state index is -0.0153. The van der Waals surface area contributed by atoms with E-state index in [-0.39, 0.29) is 5.78 Å². The number of methoxy groups -OCH3 is 2. The Morgan fingerprint density at radius 2 is 1.76 bits per heavy atom. The molecule has 0 unspecified atom stereocenters. The molecule has 0 aliphatic heterocycles.